The number of carbonyl (C=O) groups excluding carboxylic acids is 2. The SMILES string of the molecule is CC1(C)S[C@@H]2[C@H](NC(=O)c3nc4ccccc4nc3C(=O)O)C(=O)N2[C@H]1C(=O)O.[H-].[H-].[Na+].[Na+]. The van der Waals surface area contributed by atoms with Gasteiger partial charge < -0.3 is 23.3 Å². The smallest absolute Gasteiger partial charge is 1.00 e. The molecule has 2 fully saturated rings. The van der Waals surface area contributed by atoms with Gasteiger partial charge in [-0.2, -0.15) is 0 Å². The second-order valence-corrected chi connectivity index (χ2v) is 9.03. The Morgan fingerprint density at radius 3 is 2.16 bits per heavy atom. The fraction of sp³-hybridized carbons (Fsp3) is 0.333. The maximum Gasteiger partial charge on any atom is 1.00 e. The summed E-state index contributed by atoms with van der Waals surface area (Å²) >= 11 is 1.27. The molecule has 0 radical (unpaired) electrons. The van der Waals surface area contributed by atoms with Crippen molar-refractivity contribution in [3.63, 3.8) is 0 Å². The van der Waals surface area contributed by atoms with Gasteiger partial charge in [0.1, 0.15) is 17.5 Å². The standard InChI is InChI=1S/C18H16N4O6S.2Na.2H/c1-18(2)12(17(27)28)22-14(24)11(15(22)29-18)21-13(23)9-10(16(25)26)20-8-6-4-3-5-7(8)19-9;;;;/h3-6,11-12,15H,1-2H3,(H,21,23)(H,25,26)(H,27,28);;;;/q;2*+1;2*-1/t11-,12+,15-;;;;/m1..../s1. The minimum absolute atomic E-state index is 0. The summed E-state index contributed by atoms with van der Waals surface area (Å²) in [5.41, 5.74) is -0.261. The number of fused-ring (bicyclic) bond motifs is 2. The van der Waals surface area contributed by atoms with E-state index in [0.29, 0.717) is 11.0 Å². The summed E-state index contributed by atoms with van der Waals surface area (Å²) in [4.78, 5) is 57.7. The molecule has 1 aromatic heterocycles. The van der Waals surface area contributed by atoms with E-state index in [9.17, 15) is 29.4 Å². The summed E-state index contributed by atoms with van der Waals surface area (Å²) in [5, 5.41) is 20.8. The molecule has 31 heavy (non-hydrogen) atoms. The Bertz CT molecular complexity index is 1110. The van der Waals surface area contributed by atoms with E-state index in [1.165, 1.54) is 16.7 Å². The number of carboxylic acid groups (broad SMARTS) is 2. The number of nitrogens with one attached hydrogen (secondary N) is 1. The summed E-state index contributed by atoms with van der Waals surface area (Å²) in [7, 11) is 0. The molecule has 4 rings (SSSR count). The number of hydrogen-bond acceptors (Lipinski definition) is 7. The zero-order valence-corrected chi connectivity index (χ0v) is 22.1. The molecule has 0 spiro atoms. The molecule has 2 amide bonds. The van der Waals surface area contributed by atoms with E-state index < -0.39 is 57.3 Å². The molecule has 3 heterocycles. The molecule has 3 atom stereocenters. The van der Waals surface area contributed by atoms with Crippen LogP contribution in [0, 0.1) is 0 Å². The fourth-order valence-electron chi connectivity index (χ4n) is 3.66. The van der Waals surface area contributed by atoms with E-state index in [2.05, 4.69) is 15.3 Å². The molecular formula is C18H18N4Na2O6S. The third-order valence-electron chi connectivity index (χ3n) is 4.95. The van der Waals surface area contributed by atoms with Crippen LogP contribution in [0.5, 0.6) is 0 Å². The molecule has 154 valence electrons. The molecule has 2 aliphatic heterocycles. The third kappa shape index (κ3) is 4.37. The van der Waals surface area contributed by atoms with Crippen LogP contribution in [-0.4, -0.2) is 71.0 Å². The average molecular weight is 464 g/mol. The Hall–Kier alpha value is -1.21. The molecule has 0 unspecified atom stereocenters. The van der Waals surface area contributed by atoms with Crippen molar-refractivity contribution in [2.24, 2.45) is 0 Å². The second kappa shape index (κ2) is 9.34. The van der Waals surface area contributed by atoms with Gasteiger partial charge in [-0.05, 0) is 26.0 Å². The third-order valence-corrected chi connectivity index (χ3v) is 6.52. The van der Waals surface area contributed by atoms with Gasteiger partial charge in [0.15, 0.2) is 11.4 Å². The molecule has 2 aliphatic rings. The van der Waals surface area contributed by atoms with Crippen molar-refractivity contribution in [1.29, 1.82) is 0 Å². The van der Waals surface area contributed by atoms with Crippen molar-refractivity contribution in [3.8, 4) is 0 Å². The molecule has 2 saturated heterocycles. The number of carbonyl (C=O) groups is 4. The van der Waals surface area contributed by atoms with E-state index in [-0.39, 0.29) is 62.0 Å². The predicted octanol–water partition coefficient (Wildman–Crippen LogP) is -5.19. The Labute approximate surface area is 228 Å². The summed E-state index contributed by atoms with van der Waals surface area (Å²) in [6.45, 7) is 3.44. The van der Waals surface area contributed by atoms with Crippen LogP contribution in [0.15, 0.2) is 24.3 Å². The zero-order chi connectivity index (χ0) is 21.1. The van der Waals surface area contributed by atoms with Crippen molar-refractivity contribution in [2.75, 3.05) is 0 Å². The van der Waals surface area contributed by atoms with Gasteiger partial charge >= 0.3 is 71.1 Å². The van der Waals surface area contributed by atoms with Crippen molar-refractivity contribution >= 4 is 46.5 Å². The fourth-order valence-corrected chi connectivity index (χ4v) is 5.29. The van der Waals surface area contributed by atoms with Gasteiger partial charge in [-0.3, -0.25) is 9.59 Å². The molecule has 1 aromatic carbocycles. The number of aromatic carboxylic acids is 1. The minimum Gasteiger partial charge on any atom is -1.00 e. The van der Waals surface area contributed by atoms with E-state index in [1.54, 1.807) is 38.1 Å². The summed E-state index contributed by atoms with van der Waals surface area (Å²) in [6.07, 6.45) is 0. The number of aliphatic carboxylic acids is 1. The second-order valence-electron chi connectivity index (χ2n) is 7.26. The largest absolute Gasteiger partial charge is 1.00 e. The molecule has 0 bridgehead atoms. The van der Waals surface area contributed by atoms with Crippen molar-refractivity contribution in [2.45, 2.75) is 36.1 Å². The van der Waals surface area contributed by atoms with Crippen LogP contribution in [0.4, 0.5) is 0 Å². The van der Waals surface area contributed by atoms with Gasteiger partial charge in [0, 0.05) is 4.75 Å². The van der Waals surface area contributed by atoms with E-state index in [4.69, 9.17) is 0 Å². The van der Waals surface area contributed by atoms with Crippen molar-refractivity contribution in [1.82, 2.24) is 20.2 Å². The minimum atomic E-state index is -1.42. The number of aromatic nitrogens is 2. The van der Waals surface area contributed by atoms with Crippen LogP contribution in [-0.2, 0) is 9.59 Å². The molecule has 10 nitrogen and oxygen atoms in total. The Morgan fingerprint density at radius 2 is 1.65 bits per heavy atom. The topological polar surface area (TPSA) is 150 Å². The van der Waals surface area contributed by atoms with Crippen LogP contribution in [0.3, 0.4) is 0 Å². The van der Waals surface area contributed by atoms with Crippen molar-refractivity contribution < 1.29 is 91.4 Å². The molecule has 3 N–H and O–H groups in total. The first-order valence-corrected chi connectivity index (χ1v) is 9.53. The van der Waals surface area contributed by atoms with Crippen LogP contribution in [0.2, 0.25) is 0 Å². The Balaban J connectivity index is 0.00000256. The van der Waals surface area contributed by atoms with Gasteiger partial charge in [-0.1, -0.05) is 12.1 Å². The quantitative estimate of drug-likeness (QED) is 0.298. The average Bonchev–Trinajstić information content (AvgIpc) is 2.92. The molecular weight excluding hydrogens is 446 g/mol. The normalized spacial score (nSPS) is 23.1. The van der Waals surface area contributed by atoms with E-state index in [1.807, 2.05) is 0 Å². The van der Waals surface area contributed by atoms with Crippen LogP contribution < -0.4 is 64.4 Å². The van der Waals surface area contributed by atoms with Gasteiger partial charge in [-0.25, -0.2) is 19.6 Å². The number of amides is 2. The van der Waals surface area contributed by atoms with Gasteiger partial charge in [0.05, 0.1) is 11.0 Å². The number of β-lactam (4-membered cyclic amide) rings is 1. The van der Waals surface area contributed by atoms with Crippen LogP contribution >= 0.6 is 11.8 Å². The zero-order valence-electron chi connectivity index (χ0n) is 19.3. The van der Waals surface area contributed by atoms with Crippen LogP contribution in [0.25, 0.3) is 11.0 Å². The maximum atomic E-state index is 12.8. The number of hydrogen-bond donors (Lipinski definition) is 3. The first-order chi connectivity index (χ1) is 13.6. The van der Waals surface area contributed by atoms with E-state index in [0.717, 1.165) is 0 Å². The van der Waals surface area contributed by atoms with Gasteiger partial charge in [0.2, 0.25) is 5.91 Å². The van der Waals surface area contributed by atoms with Crippen LogP contribution in [0.1, 0.15) is 37.7 Å². The number of carboxylic acids is 2. The summed E-state index contributed by atoms with van der Waals surface area (Å²) in [6, 6.07) is 4.54. The summed E-state index contributed by atoms with van der Waals surface area (Å²) in [5.74, 6) is -3.91. The summed E-state index contributed by atoms with van der Waals surface area (Å²) < 4.78 is -0.735. The van der Waals surface area contributed by atoms with E-state index >= 15 is 0 Å². The first-order valence-electron chi connectivity index (χ1n) is 8.65. The Kier molecular flexibility index (Phi) is 7.85. The van der Waals surface area contributed by atoms with Gasteiger partial charge in [-0.15, -0.1) is 11.8 Å². The molecule has 0 saturated carbocycles. The number of thioether (sulfide) groups is 1. The molecule has 0 aliphatic carbocycles. The molecule has 2 aromatic rings. The van der Waals surface area contributed by atoms with Crippen molar-refractivity contribution in [3.05, 3.63) is 35.7 Å². The number of rotatable bonds is 4. The molecule has 13 heteroatoms. The first kappa shape index (κ1) is 26.0. The maximum absolute atomic E-state index is 12.8. The Morgan fingerprint density at radius 1 is 1.10 bits per heavy atom. The predicted molar refractivity (Wildman–Crippen MR) is 104 cm³/mol. The number of para-hydroxylation sites is 2. The number of nitrogens with zero attached hydrogens (tertiary/aromatic N) is 3. The van der Waals surface area contributed by atoms with Gasteiger partial charge in [0.25, 0.3) is 5.91 Å². The monoisotopic (exact) mass is 464 g/mol. The number of benzene rings is 1.